The van der Waals surface area contributed by atoms with Crippen molar-refractivity contribution in [2.24, 2.45) is 12.8 Å². The Balaban J connectivity index is 1.56. The number of carbonyl (C=O) groups excluding carboxylic acids is 1. The molecule has 2 heterocycles. The van der Waals surface area contributed by atoms with Crippen LogP contribution in [-0.2, 0) is 18.4 Å². The first kappa shape index (κ1) is 15.5. The highest BCUT2D eigenvalue weighted by molar-refractivity contribution is 5.89. The fourth-order valence-electron chi connectivity index (χ4n) is 2.82. The standard InChI is InChI=1S/C15H22N6O2/c1-10-6-14(20(2)19-10)18-15(22)9-21-8-11(7-17-21)23-13-5-3-4-12(13)16/h6-8,12-13H,3-5,9,16H2,1-2H3,(H,18,22)/t12-,13+/m0/s1. The minimum absolute atomic E-state index is 0.0406. The molecular formula is C15H22N6O2. The number of aryl methyl sites for hydroxylation is 2. The summed E-state index contributed by atoms with van der Waals surface area (Å²) in [5.74, 6) is 1.14. The minimum atomic E-state index is -0.166. The van der Waals surface area contributed by atoms with E-state index in [-0.39, 0.29) is 24.6 Å². The Kier molecular flexibility index (Phi) is 4.33. The lowest BCUT2D eigenvalue weighted by Crippen LogP contribution is -2.33. The van der Waals surface area contributed by atoms with Crippen LogP contribution in [0.3, 0.4) is 0 Å². The number of nitrogens with one attached hydrogen (secondary N) is 1. The van der Waals surface area contributed by atoms with Crippen LogP contribution in [0.5, 0.6) is 5.75 Å². The SMILES string of the molecule is Cc1cc(NC(=O)Cn2cc(O[C@@H]3CCC[C@@H]3N)cn2)n(C)n1. The highest BCUT2D eigenvalue weighted by atomic mass is 16.5. The third-order valence-corrected chi connectivity index (χ3v) is 3.98. The monoisotopic (exact) mass is 318 g/mol. The van der Waals surface area contributed by atoms with Gasteiger partial charge < -0.3 is 15.8 Å². The lowest BCUT2D eigenvalue weighted by Gasteiger charge is -2.15. The molecule has 0 bridgehead atoms. The molecule has 8 nitrogen and oxygen atoms in total. The summed E-state index contributed by atoms with van der Waals surface area (Å²) in [6, 6.07) is 1.89. The zero-order valence-corrected chi connectivity index (χ0v) is 13.4. The van der Waals surface area contributed by atoms with Crippen LogP contribution in [0.1, 0.15) is 25.0 Å². The number of anilines is 1. The van der Waals surface area contributed by atoms with Gasteiger partial charge in [-0.1, -0.05) is 0 Å². The summed E-state index contributed by atoms with van der Waals surface area (Å²) >= 11 is 0. The second-order valence-electron chi connectivity index (χ2n) is 5.97. The zero-order valence-electron chi connectivity index (χ0n) is 13.4. The average Bonchev–Trinajstić information content (AvgIpc) is 3.15. The molecule has 0 aromatic carbocycles. The Labute approximate surface area is 134 Å². The maximum atomic E-state index is 12.1. The number of nitrogens with zero attached hydrogens (tertiary/aromatic N) is 4. The molecule has 3 rings (SSSR count). The molecule has 2 aromatic heterocycles. The van der Waals surface area contributed by atoms with Gasteiger partial charge in [0.1, 0.15) is 18.5 Å². The lowest BCUT2D eigenvalue weighted by atomic mass is 10.2. The third-order valence-electron chi connectivity index (χ3n) is 3.98. The second kappa shape index (κ2) is 6.41. The van der Waals surface area contributed by atoms with Gasteiger partial charge in [0.2, 0.25) is 5.91 Å². The summed E-state index contributed by atoms with van der Waals surface area (Å²) in [4.78, 5) is 12.1. The largest absolute Gasteiger partial charge is 0.486 e. The van der Waals surface area contributed by atoms with E-state index < -0.39 is 0 Å². The first-order valence-electron chi connectivity index (χ1n) is 7.76. The Hall–Kier alpha value is -2.35. The molecule has 3 N–H and O–H groups in total. The first-order chi connectivity index (χ1) is 11.0. The summed E-state index contributed by atoms with van der Waals surface area (Å²) in [5.41, 5.74) is 6.84. The molecule has 1 aliphatic rings. The number of hydrogen-bond donors (Lipinski definition) is 2. The fraction of sp³-hybridized carbons (Fsp3) is 0.533. The van der Waals surface area contributed by atoms with Crippen molar-refractivity contribution in [2.45, 2.75) is 44.9 Å². The molecular weight excluding hydrogens is 296 g/mol. The molecule has 0 aliphatic heterocycles. The summed E-state index contributed by atoms with van der Waals surface area (Å²) in [6.07, 6.45) is 6.43. The van der Waals surface area contributed by atoms with Gasteiger partial charge in [0.25, 0.3) is 0 Å². The Morgan fingerprint density at radius 2 is 2.35 bits per heavy atom. The van der Waals surface area contributed by atoms with Crippen molar-refractivity contribution in [1.29, 1.82) is 0 Å². The van der Waals surface area contributed by atoms with E-state index >= 15 is 0 Å². The number of ether oxygens (including phenoxy) is 1. The van der Waals surface area contributed by atoms with Gasteiger partial charge in [-0.05, 0) is 26.2 Å². The predicted octanol–water partition coefficient (Wildman–Crippen LogP) is 0.822. The molecule has 1 amide bonds. The number of amides is 1. The molecule has 8 heteroatoms. The number of hydrogen-bond acceptors (Lipinski definition) is 5. The van der Waals surface area contributed by atoms with E-state index in [1.807, 2.05) is 13.0 Å². The predicted molar refractivity (Wildman–Crippen MR) is 85.0 cm³/mol. The quantitative estimate of drug-likeness (QED) is 0.850. The summed E-state index contributed by atoms with van der Waals surface area (Å²) in [6.45, 7) is 1.99. The summed E-state index contributed by atoms with van der Waals surface area (Å²) in [7, 11) is 1.79. The molecule has 0 radical (unpaired) electrons. The molecule has 1 saturated carbocycles. The molecule has 2 atom stereocenters. The van der Waals surface area contributed by atoms with Crippen molar-refractivity contribution < 1.29 is 9.53 Å². The van der Waals surface area contributed by atoms with E-state index in [0.717, 1.165) is 25.0 Å². The van der Waals surface area contributed by atoms with Crippen molar-refractivity contribution in [3.05, 3.63) is 24.2 Å². The van der Waals surface area contributed by atoms with E-state index in [0.29, 0.717) is 11.6 Å². The van der Waals surface area contributed by atoms with Gasteiger partial charge in [0, 0.05) is 19.2 Å². The van der Waals surface area contributed by atoms with E-state index in [1.54, 1.807) is 28.8 Å². The van der Waals surface area contributed by atoms with Crippen LogP contribution in [0.25, 0.3) is 0 Å². The summed E-state index contributed by atoms with van der Waals surface area (Å²) < 4.78 is 9.02. The summed E-state index contributed by atoms with van der Waals surface area (Å²) in [5, 5.41) is 11.2. The number of carbonyl (C=O) groups is 1. The maximum Gasteiger partial charge on any atom is 0.247 e. The van der Waals surface area contributed by atoms with Gasteiger partial charge in [0.05, 0.1) is 18.1 Å². The Morgan fingerprint density at radius 3 is 3.00 bits per heavy atom. The third kappa shape index (κ3) is 3.70. The van der Waals surface area contributed by atoms with E-state index in [9.17, 15) is 4.79 Å². The van der Waals surface area contributed by atoms with Crippen molar-refractivity contribution in [3.63, 3.8) is 0 Å². The van der Waals surface area contributed by atoms with Crippen LogP contribution in [0.4, 0.5) is 5.82 Å². The number of rotatable bonds is 5. The van der Waals surface area contributed by atoms with Gasteiger partial charge in [0.15, 0.2) is 5.75 Å². The zero-order chi connectivity index (χ0) is 16.4. The fourth-order valence-corrected chi connectivity index (χ4v) is 2.82. The van der Waals surface area contributed by atoms with Gasteiger partial charge in [-0.15, -0.1) is 0 Å². The van der Waals surface area contributed by atoms with Crippen molar-refractivity contribution in [1.82, 2.24) is 19.6 Å². The van der Waals surface area contributed by atoms with Crippen LogP contribution in [0.15, 0.2) is 18.5 Å². The van der Waals surface area contributed by atoms with Crippen molar-refractivity contribution >= 4 is 11.7 Å². The second-order valence-corrected chi connectivity index (χ2v) is 5.97. The molecule has 124 valence electrons. The Bertz CT molecular complexity index is 692. The highest BCUT2D eigenvalue weighted by Crippen LogP contribution is 2.23. The maximum absolute atomic E-state index is 12.1. The van der Waals surface area contributed by atoms with Crippen molar-refractivity contribution in [3.8, 4) is 5.75 Å². The van der Waals surface area contributed by atoms with Gasteiger partial charge in [-0.3, -0.25) is 14.2 Å². The normalized spacial score (nSPS) is 20.7. The topological polar surface area (TPSA) is 100.0 Å². The highest BCUT2D eigenvalue weighted by Gasteiger charge is 2.26. The Morgan fingerprint density at radius 1 is 1.52 bits per heavy atom. The van der Waals surface area contributed by atoms with Crippen molar-refractivity contribution in [2.75, 3.05) is 5.32 Å². The molecule has 0 spiro atoms. The van der Waals surface area contributed by atoms with Crippen LogP contribution in [0.2, 0.25) is 0 Å². The number of nitrogens with two attached hydrogens (primary N) is 1. The lowest BCUT2D eigenvalue weighted by molar-refractivity contribution is -0.116. The van der Waals surface area contributed by atoms with Gasteiger partial charge in [-0.25, -0.2) is 0 Å². The average molecular weight is 318 g/mol. The van der Waals surface area contributed by atoms with E-state index in [2.05, 4.69) is 15.5 Å². The smallest absolute Gasteiger partial charge is 0.247 e. The van der Waals surface area contributed by atoms with E-state index in [1.165, 1.54) is 0 Å². The molecule has 2 aromatic rings. The van der Waals surface area contributed by atoms with Crippen LogP contribution < -0.4 is 15.8 Å². The molecule has 0 unspecified atom stereocenters. The van der Waals surface area contributed by atoms with Crippen LogP contribution >= 0.6 is 0 Å². The van der Waals surface area contributed by atoms with Crippen LogP contribution in [-0.4, -0.2) is 37.6 Å². The molecule has 1 aliphatic carbocycles. The first-order valence-corrected chi connectivity index (χ1v) is 7.76. The van der Waals surface area contributed by atoms with Crippen LogP contribution in [0, 0.1) is 6.92 Å². The van der Waals surface area contributed by atoms with E-state index in [4.69, 9.17) is 10.5 Å². The molecule has 1 fully saturated rings. The number of aromatic nitrogens is 4. The van der Waals surface area contributed by atoms with Gasteiger partial charge in [-0.2, -0.15) is 10.2 Å². The van der Waals surface area contributed by atoms with Gasteiger partial charge >= 0.3 is 0 Å². The minimum Gasteiger partial charge on any atom is -0.486 e. The molecule has 0 saturated heterocycles. The molecule has 23 heavy (non-hydrogen) atoms.